The minimum atomic E-state index is 0.744. The minimum absolute atomic E-state index is 0.744. The average Bonchev–Trinajstić information content (AvgIpc) is 2.54. The van der Waals surface area contributed by atoms with E-state index in [4.69, 9.17) is 11.6 Å². The van der Waals surface area contributed by atoms with Crippen LogP contribution in [0.1, 0.15) is 11.1 Å². The summed E-state index contributed by atoms with van der Waals surface area (Å²) >= 11 is 5.98. The summed E-state index contributed by atoms with van der Waals surface area (Å²) in [4.78, 5) is 2.41. The fraction of sp³-hybridized carbons (Fsp3) is 0.278. The standard InChI is InChI=1S/C18H20ClN3/c1-15-5-7-18(8-6-15)21-9-11-22(12-10-21)20-14-16-3-2-4-17(19)13-16/h2-8,13-14H,9-12H2,1H3/b20-14+. The fourth-order valence-electron chi connectivity index (χ4n) is 2.56. The van der Waals surface area contributed by atoms with Crippen molar-refractivity contribution in [2.75, 3.05) is 31.1 Å². The average molecular weight is 314 g/mol. The number of hydrogen-bond acceptors (Lipinski definition) is 3. The van der Waals surface area contributed by atoms with Gasteiger partial charge in [-0.2, -0.15) is 5.10 Å². The molecular formula is C18H20ClN3. The molecule has 2 aromatic rings. The number of piperazine rings is 1. The zero-order chi connectivity index (χ0) is 15.4. The molecule has 0 amide bonds. The van der Waals surface area contributed by atoms with E-state index < -0.39 is 0 Å². The molecule has 2 aromatic carbocycles. The Labute approximate surface area is 136 Å². The molecule has 3 rings (SSSR count). The number of nitrogens with zero attached hydrogens (tertiary/aromatic N) is 3. The second-order valence-electron chi connectivity index (χ2n) is 5.58. The van der Waals surface area contributed by atoms with Gasteiger partial charge in [-0.05, 0) is 36.8 Å². The number of anilines is 1. The van der Waals surface area contributed by atoms with Crippen molar-refractivity contribution in [3.8, 4) is 0 Å². The van der Waals surface area contributed by atoms with Crippen LogP contribution in [0, 0.1) is 6.92 Å². The highest BCUT2D eigenvalue weighted by Gasteiger charge is 2.15. The van der Waals surface area contributed by atoms with E-state index in [-0.39, 0.29) is 0 Å². The summed E-state index contributed by atoms with van der Waals surface area (Å²) < 4.78 is 0. The Bertz CT molecular complexity index is 644. The summed E-state index contributed by atoms with van der Waals surface area (Å²) in [6, 6.07) is 16.5. The van der Waals surface area contributed by atoms with Gasteiger partial charge in [0, 0.05) is 23.8 Å². The Morgan fingerprint density at radius 2 is 1.73 bits per heavy atom. The van der Waals surface area contributed by atoms with Gasteiger partial charge in [-0.15, -0.1) is 0 Å². The maximum Gasteiger partial charge on any atom is 0.0543 e. The molecular weight excluding hydrogens is 294 g/mol. The predicted molar refractivity (Wildman–Crippen MR) is 94.0 cm³/mol. The third-order valence-electron chi connectivity index (χ3n) is 3.87. The van der Waals surface area contributed by atoms with Crippen LogP contribution in [0.3, 0.4) is 0 Å². The Morgan fingerprint density at radius 1 is 1.00 bits per heavy atom. The molecule has 0 atom stereocenters. The number of hydrazone groups is 1. The molecule has 1 saturated heterocycles. The lowest BCUT2D eigenvalue weighted by molar-refractivity contribution is 0.272. The van der Waals surface area contributed by atoms with Crippen molar-refractivity contribution < 1.29 is 0 Å². The molecule has 0 aliphatic carbocycles. The molecule has 22 heavy (non-hydrogen) atoms. The van der Waals surface area contributed by atoms with E-state index in [0.717, 1.165) is 36.8 Å². The number of aryl methyl sites for hydroxylation is 1. The molecule has 0 saturated carbocycles. The van der Waals surface area contributed by atoms with Gasteiger partial charge < -0.3 is 4.90 Å². The second-order valence-corrected chi connectivity index (χ2v) is 6.01. The normalized spacial score (nSPS) is 15.5. The topological polar surface area (TPSA) is 18.8 Å². The van der Waals surface area contributed by atoms with Crippen LogP contribution in [0.5, 0.6) is 0 Å². The molecule has 0 aromatic heterocycles. The quantitative estimate of drug-likeness (QED) is 0.803. The highest BCUT2D eigenvalue weighted by atomic mass is 35.5. The SMILES string of the molecule is Cc1ccc(N2CCN(/N=C/c3cccc(Cl)c3)CC2)cc1. The Morgan fingerprint density at radius 3 is 2.41 bits per heavy atom. The van der Waals surface area contributed by atoms with Crippen LogP contribution in [0.25, 0.3) is 0 Å². The number of rotatable bonds is 3. The van der Waals surface area contributed by atoms with Gasteiger partial charge in [-0.1, -0.05) is 41.4 Å². The van der Waals surface area contributed by atoms with E-state index >= 15 is 0 Å². The van der Waals surface area contributed by atoms with E-state index in [0.29, 0.717) is 0 Å². The Kier molecular flexibility index (Phi) is 4.64. The number of hydrogen-bond donors (Lipinski definition) is 0. The van der Waals surface area contributed by atoms with E-state index in [1.165, 1.54) is 11.3 Å². The molecule has 1 aliphatic heterocycles. The first-order chi connectivity index (χ1) is 10.7. The van der Waals surface area contributed by atoms with Gasteiger partial charge in [0.25, 0.3) is 0 Å². The van der Waals surface area contributed by atoms with Crippen molar-refractivity contribution in [2.24, 2.45) is 5.10 Å². The van der Waals surface area contributed by atoms with E-state index in [1.807, 2.05) is 30.5 Å². The Balaban J connectivity index is 1.56. The third kappa shape index (κ3) is 3.80. The maximum atomic E-state index is 5.98. The first kappa shape index (κ1) is 14.9. The lowest BCUT2D eigenvalue weighted by Gasteiger charge is -2.34. The van der Waals surface area contributed by atoms with Gasteiger partial charge >= 0.3 is 0 Å². The second kappa shape index (κ2) is 6.84. The van der Waals surface area contributed by atoms with Crippen LogP contribution in [0.15, 0.2) is 53.6 Å². The lowest BCUT2D eigenvalue weighted by Crippen LogP contribution is -2.44. The summed E-state index contributed by atoms with van der Waals surface area (Å²) in [7, 11) is 0. The van der Waals surface area contributed by atoms with E-state index in [9.17, 15) is 0 Å². The highest BCUT2D eigenvalue weighted by molar-refractivity contribution is 6.30. The van der Waals surface area contributed by atoms with Gasteiger partial charge in [-0.3, -0.25) is 5.01 Å². The zero-order valence-electron chi connectivity index (χ0n) is 12.7. The third-order valence-corrected chi connectivity index (χ3v) is 4.11. The summed E-state index contributed by atoms with van der Waals surface area (Å²) in [5, 5.41) is 7.42. The monoisotopic (exact) mass is 313 g/mol. The summed E-state index contributed by atoms with van der Waals surface area (Å²) in [6.45, 7) is 5.98. The fourth-order valence-corrected chi connectivity index (χ4v) is 2.76. The molecule has 0 radical (unpaired) electrons. The molecule has 4 heteroatoms. The summed E-state index contributed by atoms with van der Waals surface area (Å²) in [5.41, 5.74) is 3.63. The van der Waals surface area contributed by atoms with Crippen LogP contribution in [-0.2, 0) is 0 Å². The largest absolute Gasteiger partial charge is 0.368 e. The van der Waals surface area contributed by atoms with Crippen LogP contribution in [0.2, 0.25) is 5.02 Å². The summed E-state index contributed by atoms with van der Waals surface area (Å²) in [5.74, 6) is 0. The lowest BCUT2D eigenvalue weighted by atomic mass is 10.2. The molecule has 0 unspecified atom stereocenters. The Hall–Kier alpha value is -2.00. The number of halogens is 1. The van der Waals surface area contributed by atoms with Gasteiger partial charge in [-0.25, -0.2) is 0 Å². The van der Waals surface area contributed by atoms with Gasteiger partial charge in [0.1, 0.15) is 0 Å². The van der Waals surface area contributed by atoms with Crippen LogP contribution in [0.4, 0.5) is 5.69 Å². The van der Waals surface area contributed by atoms with Crippen molar-refractivity contribution in [2.45, 2.75) is 6.92 Å². The van der Waals surface area contributed by atoms with Crippen molar-refractivity contribution in [3.63, 3.8) is 0 Å². The van der Waals surface area contributed by atoms with Gasteiger partial charge in [0.2, 0.25) is 0 Å². The smallest absolute Gasteiger partial charge is 0.0543 e. The molecule has 3 nitrogen and oxygen atoms in total. The predicted octanol–water partition coefficient (Wildman–Crippen LogP) is 3.80. The molecule has 0 bridgehead atoms. The van der Waals surface area contributed by atoms with Crippen molar-refractivity contribution in [1.29, 1.82) is 0 Å². The van der Waals surface area contributed by atoms with E-state index in [2.05, 4.69) is 46.2 Å². The van der Waals surface area contributed by atoms with Crippen LogP contribution in [-0.4, -0.2) is 37.4 Å². The molecule has 1 aliphatic rings. The molecule has 114 valence electrons. The van der Waals surface area contributed by atoms with Gasteiger partial charge in [0.05, 0.1) is 19.3 Å². The van der Waals surface area contributed by atoms with E-state index in [1.54, 1.807) is 0 Å². The van der Waals surface area contributed by atoms with Crippen LogP contribution >= 0.6 is 11.6 Å². The van der Waals surface area contributed by atoms with Crippen molar-refractivity contribution in [3.05, 3.63) is 64.7 Å². The van der Waals surface area contributed by atoms with Crippen LogP contribution < -0.4 is 4.90 Å². The van der Waals surface area contributed by atoms with Gasteiger partial charge in [0.15, 0.2) is 0 Å². The zero-order valence-corrected chi connectivity index (χ0v) is 13.5. The molecule has 1 fully saturated rings. The number of benzene rings is 2. The summed E-state index contributed by atoms with van der Waals surface area (Å²) in [6.07, 6.45) is 1.88. The first-order valence-corrected chi connectivity index (χ1v) is 7.95. The minimum Gasteiger partial charge on any atom is -0.368 e. The van der Waals surface area contributed by atoms with Crippen molar-refractivity contribution >= 4 is 23.5 Å². The molecule has 1 heterocycles. The van der Waals surface area contributed by atoms with Crippen molar-refractivity contribution in [1.82, 2.24) is 5.01 Å². The maximum absolute atomic E-state index is 5.98. The highest BCUT2D eigenvalue weighted by Crippen LogP contribution is 2.17. The molecule has 0 spiro atoms. The first-order valence-electron chi connectivity index (χ1n) is 7.57. The molecule has 0 N–H and O–H groups in total.